The first kappa shape index (κ1) is 17.5. The molecule has 1 aromatic heterocycles. The monoisotopic (exact) mass is 343 g/mol. The highest BCUT2D eigenvalue weighted by Gasteiger charge is 2.20. The van der Waals surface area contributed by atoms with Crippen molar-refractivity contribution in [1.82, 2.24) is 9.97 Å². The highest BCUT2D eigenvalue weighted by Crippen LogP contribution is 2.20. The van der Waals surface area contributed by atoms with Gasteiger partial charge in [0, 0.05) is 49.7 Å². The van der Waals surface area contributed by atoms with Gasteiger partial charge in [-0.05, 0) is 44.5 Å². The third kappa shape index (κ3) is 4.38. The molecule has 2 aromatic rings. The molecule has 1 unspecified atom stereocenters. The second-order valence-electron chi connectivity index (χ2n) is 6.60. The molecule has 0 radical (unpaired) electrons. The van der Waals surface area contributed by atoms with E-state index in [9.17, 15) is 4.39 Å². The summed E-state index contributed by atoms with van der Waals surface area (Å²) < 4.78 is 13.1. The van der Waals surface area contributed by atoms with Crippen molar-refractivity contribution in [2.75, 3.05) is 41.3 Å². The number of halogens is 1. The molecule has 1 aromatic carbocycles. The van der Waals surface area contributed by atoms with Gasteiger partial charge in [-0.3, -0.25) is 0 Å². The van der Waals surface area contributed by atoms with Gasteiger partial charge in [0.2, 0.25) is 5.95 Å². The number of aromatic nitrogens is 2. The molecule has 5 nitrogen and oxygen atoms in total. The fourth-order valence-corrected chi connectivity index (χ4v) is 2.94. The molecule has 6 heteroatoms. The van der Waals surface area contributed by atoms with E-state index in [2.05, 4.69) is 33.9 Å². The molecule has 1 fully saturated rings. The van der Waals surface area contributed by atoms with Crippen molar-refractivity contribution < 1.29 is 4.39 Å². The minimum atomic E-state index is -0.197. The number of benzene rings is 1. The lowest BCUT2D eigenvalue weighted by Crippen LogP contribution is -2.47. The van der Waals surface area contributed by atoms with Crippen molar-refractivity contribution in [2.45, 2.75) is 33.2 Å². The smallest absolute Gasteiger partial charge is 0.227 e. The van der Waals surface area contributed by atoms with E-state index in [1.165, 1.54) is 12.1 Å². The van der Waals surface area contributed by atoms with Gasteiger partial charge in [-0.2, -0.15) is 4.98 Å². The Morgan fingerprint density at radius 1 is 1.08 bits per heavy atom. The van der Waals surface area contributed by atoms with Crippen LogP contribution in [0.15, 0.2) is 30.3 Å². The summed E-state index contributed by atoms with van der Waals surface area (Å²) in [6.45, 7) is 9.75. The molecule has 1 saturated heterocycles. The van der Waals surface area contributed by atoms with Crippen LogP contribution in [0.25, 0.3) is 0 Å². The van der Waals surface area contributed by atoms with Crippen molar-refractivity contribution in [2.24, 2.45) is 0 Å². The summed E-state index contributed by atoms with van der Waals surface area (Å²) in [6.07, 6.45) is 1.05. The first-order valence-corrected chi connectivity index (χ1v) is 8.93. The summed E-state index contributed by atoms with van der Waals surface area (Å²) in [6, 6.07) is 9.07. The molecule has 0 saturated carbocycles. The van der Waals surface area contributed by atoms with Crippen LogP contribution in [0.1, 0.15) is 26.0 Å². The molecule has 0 amide bonds. The minimum Gasteiger partial charge on any atom is -0.368 e. The largest absolute Gasteiger partial charge is 0.368 e. The molecular formula is C19H26FN5. The molecule has 1 atom stereocenters. The summed E-state index contributed by atoms with van der Waals surface area (Å²) in [5.74, 6) is 1.47. The Kier molecular flexibility index (Phi) is 5.36. The number of nitrogens with one attached hydrogen (secondary N) is 1. The molecule has 0 bridgehead atoms. The van der Waals surface area contributed by atoms with Crippen LogP contribution in [0.2, 0.25) is 0 Å². The second-order valence-corrected chi connectivity index (χ2v) is 6.60. The van der Waals surface area contributed by atoms with E-state index < -0.39 is 0 Å². The molecule has 0 spiro atoms. The Morgan fingerprint density at radius 3 is 2.36 bits per heavy atom. The van der Waals surface area contributed by atoms with Crippen molar-refractivity contribution in [3.05, 3.63) is 41.8 Å². The maximum absolute atomic E-state index is 13.1. The zero-order valence-electron chi connectivity index (χ0n) is 15.2. The Bertz CT molecular complexity index is 695. The molecule has 134 valence electrons. The zero-order chi connectivity index (χ0) is 17.8. The Balaban J connectivity index is 1.67. The second kappa shape index (κ2) is 7.68. The average molecular weight is 343 g/mol. The van der Waals surface area contributed by atoms with Crippen molar-refractivity contribution in [1.29, 1.82) is 0 Å². The van der Waals surface area contributed by atoms with Gasteiger partial charge in [0.15, 0.2) is 0 Å². The van der Waals surface area contributed by atoms with Crippen LogP contribution >= 0.6 is 0 Å². The maximum atomic E-state index is 13.1. The van der Waals surface area contributed by atoms with Gasteiger partial charge in [-0.15, -0.1) is 0 Å². The summed E-state index contributed by atoms with van der Waals surface area (Å²) in [4.78, 5) is 13.8. The number of nitrogens with zero attached hydrogens (tertiary/aromatic N) is 4. The number of hydrogen-bond acceptors (Lipinski definition) is 5. The Labute approximate surface area is 148 Å². The van der Waals surface area contributed by atoms with Gasteiger partial charge in [-0.1, -0.05) is 6.92 Å². The first-order chi connectivity index (χ1) is 12.0. The van der Waals surface area contributed by atoms with Crippen LogP contribution < -0.4 is 15.1 Å². The fourth-order valence-electron chi connectivity index (χ4n) is 2.94. The number of piperazine rings is 1. The van der Waals surface area contributed by atoms with E-state index >= 15 is 0 Å². The van der Waals surface area contributed by atoms with Crippen LogP contribution in [-0.4, -0.2) is 42.2 Å². The third-order valence-corrected chi connectivity index (χ3v) is 4.60. The molecular weight excluding hydrogens is 317 g/mol. The van der Waals surface area contributed by atoms with E-state index in [0.717, 1.165) is 55.7 Å². The Morgan fingerprint density at radius 2 is 1.72 bits per heavy atom. The third-order valence-electron chi connectivity index (χ3n) is 4.60. The summed E-state index contributed by atoms with van der Waals surface area (Å²) in [5.41, 5.74) is 2.03. The van der Waals surface area contributed by atoms with Crippen LogP contribution in [0.3, 0.4) is 0 Å². The SMILES string of the molecule is CCC(C)Nc1cc(C)nc(N2CCN(c3ccc(F)cc3)CC2)n1. The topological polar surface area (TPSA) is 44.3 Å². The molecule has 0 aliphatic carbocycles. The summed E-state index contributed by atoms with van der Waals surface area (Å²) in [7, 11) is 0. The van der Waals surface area contributed by atoms with Gasteiger partial charge in [-0.25, -0.2) is 9.37 Å². The maximum Gasteiger partial charge on any atom is 0.227 e. The highest BCUT2D eigenvalue weighted by molar-refractivity contribution is 5.49. The number of rotatable bonds is 5. The average Bonchev–Trinajstić information content (AvgIpc) is 2.62. The summed E-state index contributed by atoms with van der Waals surface area (Å²) >= 11 is 0. The standard InChI is InChI=1S/C19H26FN5/c1-4-14(2)21-18-13-15(3)22-19(23-18)25-11-9-24(10-12-25)17-7-5-16(20)6-8-17/h5-8,13-14H,4,9-12H2,1-3H3,(H,21,22,23). The molecule has 25 heavy (non-hydrogen) atoms. The fraction of sp³-hybridized carbons (Fsp3) is 0.474. The lowest BCUT2D eigenvalue weighted by molar-refractivity contribution is 0.623. The predicted molar refractivity (Wildman–Crippen MR) is 101 cm³/mol. The lowest BCUT2D eigenvalue weighted by Gasteiger charge is -2.36. The molecule has 3 rings (SSSR count). The first-order valence-electron chi connectivity index (χ1n) is 8.93. The summed E-state index contributed by atoms with van der Waals surface area (Å²) in [5, 5.41) is 3.43. The van der Waals surface area contributed by atoms with Crippen molar-refractivity contribution >= 4 is 17.5 Å². The molecule has 1 aliphatic rings. The van der Waals surface area contributed by atoms with Crippen LogP contribution in [0.4, 0.5) is 21.8 Å². The number of anilines is 3. The van der Waals surface area contributed by atoms with Gasteiger partial charge in [0.1, 0.15) is 11.6 Å². The quantitative estimate of drug-likeness (QED) is 0.901. The van der Waals surface area contributed by atoms with E-state index in [1.54, 1.807) is 0 Å². The van der Waals surface area contributed by atoms with Gasteiger partial charge < -0.3 is 15.1 Å². The molecule has 1 N–H and O–H groups in total. The van der Waals surface area contributed by atoms with Crippen LogP contribution in [-0.2, 0) is 0 Å². The van der Waals surface area contributed by atoms with Crippen LogP contribution in [0.5, 0.6) is 0 Å². The number of hydrogen-bond donors (Lipinski definition) is 1. The van der Waals surface area contributed by atoms with E-state index in [0.29, 0.717) is 6.04 Å². The normalized spacial score (nSPS) is 16.0. The van der Waals surface area contributed by atoms with Crippen molar-refractivity contribution in [3.8, 4) is 0 Å². The molecule has 1 aliphatic heterocycles. The predicted octanol–water partition coefficient (Wildman–Crippen LogP) is 3.46. The minimum absolute atomic E-state index is 0.197. The van der Waals surface area contributed by atoms with E-state index in [-0.39, 0.29) is 5.82 Å². The number of aryl methyl sites for hydroxylation is 1. The highest BCUT2D eigenvalue weighted by atomic mass is 19.1. The van der Waals surface area contributed by atoms with Gasteiger partial charge in [0.25, 0.3) is 0 Å². The van der Waals surface area contributed by atoms with Crippen molar-refractivity contribution in [3.63, 3.8) is 0 Å². The van der Waals surface area contributed by atoms with Gasteiger partial charge >= 0.3 is 0 Å². The lowest BCUT2D eigenvalue weighted by atomic mass is 10.2. The zero-order valence-corrected chi connectivity index (χ0v) is 15.2. The van der Waals surface area contributed by atoms with E-state index in [1.807, 2.05) is 25.1 Å². The van der Waals surface area contributed by atoms with Crippen LogP contribution in [0, 0.1) is 12.7 Å². The molecule has 2 heterocycles. The van der Waals surface area contributed by atoms with E-state index in [4.69, 9.17) is 4.98 Å². The Hall–Kier alpha value is -2.37. The van der Waals surface area contributed by atoms with Gasteiger partial charge in [0.05, 0.1) is 0 Å².